The topological polar surface area (TPSA) is 90.9 Å². The van der Waals surface area contributed by atoms with Crippen molar-refractivity contribution >= 4 is 5.84 Å². The van der Waals surface area contributed by atoms with Gasteiger partial charge < -0.3 is 21.4 Å². The molecule has 0 spiro atoms. The van der Waals surface area contributed by atoms with Crippen LogP contribution < -0.4 is 11.1 Å². The summed E-state index contributed by atoms with van der Waals surface area (Å²) in [6.45, 7) is 5.65. The Balaban J connectivity index is 4.05. The van der Waals surface area contributed by atoms with Gasteiger partial charge in [0, 0.05) is 6.04 Å². The molecule has 0 heterocycles. The lowest BCUT2D eigenvalue weighted by Crippen LogP contribution is -2.46. The minimum absolute atomic E-state index is 0.131. The monoisotopic (exact) mass is 203 g/mol. The molecule has 0 saturated heterocycles. The lowest BCUT2D eigenvalue weighted by atomic mass is 10.1. The van der Waals surface area contributed by atoms with Gasteiger partial charge in [-0.2, -0.15) is 0 Å². The summed E-state index contributed by atoms with van der Waals surface area (Å²) in [6, 6.07) is 0.00833. The average molecular weight is 203 g/mol. The normalized spacial score (nSPS) is 19.0. The van der Waals surface area contributed by atoms with E-state index < -0.39 is 0 Å². The Labute approximate surface area is 85.0 Å². The van der Waals surface area contributed by atoms with Crippen LogP contribution in [-0.4, -0.2) is 34.3 Å². The standard InChI is InChI=1S/C9H21N3O2/c1-4-8(9(10)12-14)11-6(2)5-7(3)13/h6-8,11,13-14H,4-5H2,1-3H3,(H2,10,12). The molecule has 5 heteroatoms. The summed E-state index contributed by atoms with van der Waals surface area (Å²) < 4.78 is 0. The first-order chi connectivity index (χ1) is 6.51. The van der Waals surface area contributed by atoms with Gasteiger partial charge in [-0.05, 0) is 26.7 Å². The minimum Gasteiger partial charge on any atom is -0.409 e. The molecule has 0 aliphatic rings. The van der Waals surface area contributed by atoms with Gasteiger partial charge in [-0.1, -0.05) is 12.1 Å². The molecule has 84 valence electrons. The smallest absolute Gasteiger partial charge is 0.156 e. The van der Waals surface area contributed by atoms with Crippen LogP contribution in [0.25, 0.3) is 0 Å². The number of rotatable bonds is 6. The third-order valence-electron chi connectivity index (χ3n) is 2.06. The Morgan fingerprint density at radius 2 is 2.07 bits per heavy atom. The molecule has 0 bridgehead atoms. The largest absolute Gasteiger partial charge is 0.409 e. The summed E-state index contributed by atoms with van der Waals surface area (Å²) in [5.74, 6) is 0.185. The second-order valence-corrected chi connectivity index (χ2v) is 3.64. The van der Waals surface area contributed by atoms with Gasteiger partial charge in [0.25, 0.3) is 0 Å². The van der Waals surface area contributed by atoms with E-state index in [2.05, 4.69) is 10.5 Å². The number of aliphatic hydroxyl groups is 1. The lowest BCUT2D eigenvalue weighted by molar-refractivity contribution is 0.169. The summed E-state index contributed by atoms with van der Waals surface area (Å²) in [5.41, 5.74) is 5.48. The predicted molar refractivity (Wildman–Crippen MR) is 56.4 cm³/mol. The van der Waals surface area contributed by atoms with Crippen LogP contribution in [0.5, 0.6) is 0 Å². The SMILES string of the molecule is CCC(NC(C)CC(C)O)C(N)=NO. The molecule has 0 aliphatic heterocycles. The highest BCUT2D eigenvalue weighted by molar-refractivity contribution is 5.85. The van der Waals surface area contributed by atoms with E-state index >= 15 is 0 Å². The minimum atomic E-state index is -0.345. The van der Waals surface area contributed by atoms with Crippen LogP contribution in [0, 0.1) is 0 Å². The molecule has 0 amide bonds. The van der Waals surface area contributed by atoms with Crippen LogP contribution in [0.15, 0.2) is 5.16 Å². The number of oxime groups is 1. The van der Waals surface area contributed by atoms with Crippen molar-refractivity contribution in [3.05, 3.63) is 0 Å². The Morgan fingerprint density at radius 3 is 2.43 bits per heavy atom. The lowest BCUT2D eigenvalue weighted by Gasteiger charge is -2.21. The van der Waals surface area contributed by atoms with Gasteiger partial charge in [0.05, 0.1) is 12.1 Å². The Bertz CT molecular complexity index is 183. The van der Waals surface area contributed by atoms with Crippen molar-refractivity contribution < 1.29 is 10.3 Å². The molecule has 0 aliphatic carbocycles. The van der Waals surface area contributed by atoms with Gasteiger partial charge in [-0.15, -0.1) is 0 Å². The summed E-state index contributed by atoms with van der Waals surface area (Å²) in [6.07, 6.45) is 1.05. The number of nitrogens with one attached hydrogen (secondary N) is 1. The Morgan fingerprint density at radius 1 is 1.50 bits per heavy atom. The van der Waals surface area contributed by atoms with Gasteiger partial charge >= 0.3 is 0 Å². The van der Waals surface area contributed by atoms with E-state index in [4.69, 9.17) is 16.0 Å². The van der Waals surface area contributed by atoms with Crippen LogP contribution in [0.1, 0.15) is 33.6 Å². The number of nitrogens with two attached hydrogens (primary N) is 1. The fourth-order valence-electron chi connectivity index (χ4n) is 1.41. The van der Waals surface area contributed by atoms with E-state index in [-0.39, 0.29) is 24.0 Å². The van der Waals surface area contributed by atoms with Crippen molar-refractivity contribution in [2.24, 2.45) is 10.9 Å². The number of hydrogen-bond donors (Lipinski definition) is 4. The molecule has 0 radical (unpaired) electrons. The van der Waals surface area contributed by atoms with Crippen molar-refractivity contribution in [2.75, 3.05) is 0 Å². The Kier molecular flexibility index (Phi) is 6.23. The number of nitrogens with zero attached hydrogens (tertiary/aromatic N) is 1. The molecule has 0 fully saturated rings. The summed E-state index contributed by atoms with van der Waals surface area (Å²) in [5, 5.41) is 23.8. The maximum absolute atomic E-state index is 9.15. The molecule has 3 atom stereocenters. The van der Waals surface area contributed by atoms with E-state index in [0.717, 1.165) is 6.42 Å². The van der Waals surface area contributed by atoms with Crippen LogP contribution in [0.3, 0.4) is 0 Å². The number of aliphatic hydroxyl groups excluding tert-OH is 1. The zero-order chi connectivity index (χ0) is 11.1. The van der Waals surface area contributed by atoms with E-state index in [0.29, 0.717) is 6.42 Å². The molecular weight excluding hydrogens is 182 g/mol. The van der Waals surface area contributed by atoms with E-state index in [1.165, 1.54) is 0 Å². The number of hydrogen-bond acceptors (Lipinski definition) is 4. The number of amidine groups is 1. The van der Waals surface area contributed by atoms with Crippen molar-refractivity contribution in [3.8, 4) is 0 Å². The van der Waals surface area contributed by atoms with Gasteiger partial charge in [-0.3, -0.25) is 0 Å². The fourth-order valence-corrected chi connectivity index (χ4v) is 1.41. The van der Waals surface area contributed by atoms with Crippen LogP contribution in [-0.2, 0) is 0 Å². The molecular formula is C9H21N3O2. The van der Waals surface area contributed by atoms with E-state index in [1.54, 1.807) is 6.92 Å². The zero-order valence-electron chi connectivity index (χ0n) is 9.07. The van der Waals surface area contributed by atoms with Crippen LogP contribution in [0.2, 0.25) is 0 Å². The van der Waals surface area contributed by atoms with E-state index in [1.807, 2.05) is 13.8 Å². The molecule has 3 unspecified atom stereocenters. The first-order valence-electron chi connectivity index (χ1n) is 4.92. The van der Waals surface area contributed by atoms with Crippen LogP contribution in [0.4, 0.5) is 0 Å². The molecule has 5 N–H and O–H groups in total. The highest BCUT2D eigenvalue weighted by Crippen LogP contribution is 2.00. The van der Waals surface area contributed by atoms with Gasteiger partial charge in [0.2, 0.25) is 0 Å². The maximum atomic E-state index is 9.15. The summed E-state index contributed by atoms with van der Waals surface area (Å²) >= 11 is 0. The van der Waals surface area contributed by atoms with Crippen molar-refractivity contribution in [1.29, 1.82) is 0 Å². The van der Waals surface area contributed by atoms with Gasteiger partial charge in [0.15, 0.2) is 5.84 Å². The molecule has 0 rings (SSSR count). The Hall–Kier alpha value is -0.810. The molecule has 14 heavy (non-hydrogen) atoms. The maximum Gasteiger partial charge on any atom is 0.156 e. The highest BCUT2D eigenvalue weighted by Gasteiger charge is 2.15. The van der Waals surface area contributed by atoms with Gasteiger partial charge in [0.1, 0.15) is 0 Å². The molecule has 0 saturated carbocycles. The summed E-state index contributed by atoms with van der Waals surface area (Å²) in [7, 11) is 0. The molecule has 0 aromatic carbocycles. The van der Waals surface area contributed by atoms with E-state index in [9.17, 15) is 0 Å². The first kappa shape index (κ1) is 13.2. The molecule has 0 aromatic rings. The third-order valence-corrected chi connectivity index (χ3v) is 2.06. The summed E-state index contributed by atoms with van der Waals surface area (Å²) in [4.78, 5) is 0. The highest BCUT2D eigenvalue weighted by atomic mass is 16.4. The zero-order valence-corrected chi connectivity index (χ0v) is 9.07. The van der Waals surface area contributed by atoms with Crippen molar-refractivity contribution in [2.45, 2.75) is 51.8 Å². The fraction of sp³-hybridized carbons (Fsp3) is 0.889. The van der Waals surface area contributed by atoms with Gasteiger partial charge in [-0.25, -0.2) is 0 Å². The first-order valence-corrected chi connectivity index (χ1v) is 4.92. The third kappa shape index (κ3) is 5.04. The average Bonchev–Trinajstić information content (AvgIpc) is 2.11. The second-order valence-electron chi connectivity index (χ2n) is 3.64. The molecule has 5 nitrogen and oxygen atoms in total. The van der Waals surface area contributed by atoms with Crippen LogP contribution >= 0.6 is 0 Å². The van der Waals surface area contributed by atoms with Crippen molar-refractivity contribution in [3.63, 3.8) is 0 Å². The second kappa shape index (κ2) is 6.62. The predicted octanol–water partition coefficient (Wildman–Crippen LogP) is 0.260. The quantitative estimate of drug-likeness (QED) is 0.216. The molecule has 0 aromatic heterocycles. The van der Waals surface area contributed by atoms with Crippen molar-refractivity contribution in [1.82, 2.24) is 5.32 Å².